The van der Waals surface area contributed by atoms with Gasteiger partial charge in [0.2, 0.25) is 0 Å². The van der Waals surface area contributed by atoms with Crippen molar-refractivity contribution in [3.05, 3.63) is 58.6 Å². The molecule has 25 heavy (non-hydrogen) atoms. The predicted molar refractivity (Wildman–Crippen MR) is 95.3 cm³/mol. The predicted octanol–water partition coefficient (Wildman–Crippen LogP) is 3.18. The zero-order valence-electron chi connectivity index (χ0n) is 14.0. The minimum atomic E-state index is -1.91. The molecule has 0 radical (unpaired) electrons. The van der Waals surface area contributed by atoms with E-state index < -0.39 is 11.5 Å². The second-order valence-electron chi connectivity index (χ2n) is 5.94. The number of rotatable bonds is 5. The van der Waals surface area contributed by atoms with Gasteiger partial charge in [0, 0.05) is 23.2 Å². The number of Topliss-reactive ketones (excluding diaryl/α,β-unsaturated/α-hetero) is 1. The molecular weight excluding hydrogens is 342 g/mol. The van der Waals surface area contributed by atoms with Crippen molar-refractivity contribution in [1.82, 2.24) is 0 Å². The molecule has 1 aliphatic heterocycles. The van der Waals surface area contributed by atoms with E-state index in [1.54, 1.807) is 43.4 Å². The van der Waals surface area contributed by atoms with Crippen molar-refractivity contribution in [2.45, 2.75) is 18.9 Å². The number of halogens is 1. The summed E-state index contributed by atoms with van der Waals surface area (Å²) in [6.07, 6.45) is -0.350. The monoisotopic (exact) mass is 359 g/mol. The summed E-state index contributed by atoms with van der Waals surface area (Å²) in [4.78, 5) is 26.5. The van der Waals surface area contributed by atoms with Crippen LogP contribution in [0.15, 0.2) is 42.5 Å². The number of likely N-dealkylation sites (N-methyl/N-ethyl adjacent to an activating group) is 1. The van der Waals surface area contributed by atoms with Crippen LogP contribution >= 0.6 is 11.6 Å². The quantitative estimate of drug-likeness (QED) is 0.833. The van der Waals surface area contributed by atoms with Crippen LogP contribution < -0.4 is 9.64 Å². The minimum Gasteiger partial charge on any atom is -0.494 e. The summed E-state index contributed by atoms with van der Waals surface area (Å²) < 4.78 is 5.35. The van der Waals surface area contributed by atoms with Gasteiger partial charge in [-0.25, -0.2) is 0 Å². The number of aliphatic hydroxyl groups is 1. The summed E-state index contributed by atoms with van der Waals surface area (Å²) in [7, 11) is 1.56. The zero-order valence-corrected chi connectivity index (χ0v) is 14.7. The maximum absolute atomic E-state index is 12.6. The highest BCUT2D eigenvalue weighted by atomic mass is 35.5. The lowest BCUT2D eigenvalue weighted by Crippen LogP contribution is -2.40. The number of ketones is 1. The first kappa shape index (κ1) is 17.5. The van der Waals surface area contributed by atoms with E-state index in [0.29, 0.717) is 34.2 Å². The Morgan fingerprint density at radius 1 is 1.24 bits per heavy atom. The van der Waals surface area contributed by atoms with Gasteiger partial charge in [-0.05, 0) is 49.4 Å². The molecule has 0 aromatic heterocycles. The van der Waals surface area contributed by atoms with Gasteiger partial charge >= 0.3 is 0 Å². The Morgan fingerprint density at radius 2 is 1.92 bits per heavy atom. The lowest BCUT2D eigenvalue weighted by Gasteiger charge is -2.21. The van der Waals surface area contributed by atoms with E-state index >= 15 is 0 Å². The molecule has 1 aliphatic rings. The molecule has 0 spiro atoms. The van der Waals surface area contributed by atoms with E-state index in [1.807, 2.05) is 6.92 Å². The van der Waals surface area contributed by atoms with Crippen LogP contribution in [0.4, 0.5) is 5.69 Å². The Hall–Kier alpha value is -2.37. The SMILES string of the molecule is CCOc1ccc(C(=O)C[C@@]2(O)C(=O)N(C)c3ccc(Cl)cc32)cc1. The number of anilines is 1. The molecule has 0 bridgehead atoms. The number of fused-ring (bicyclic) bond motifs is 1. The van der Waals surface area contributed by atoms with Gasteiger partial charge in [-0.15, -0.1) is 0 Å². The standard InChI is InChI=1S/C19H18ClNO4/c1-3-25-14-7-4-12(5-8-14)17(22)11-19(24)15-10-13(20)6-9-16(15)21(2)18(19)23/h4-10,24H,3,11H2,1-2H3/t19-/m0/s1. The number of nitrogens with zero attached hydrogens (tertiary/aromatic N) is 1. The number of benzene rings is 2. The maximum atomic E-state index is 12.6. The Balaban J connectivity index is 1.90. The molecule has 0 aliphatic carbocycles. The van der Waals surface area contributed by atoms with Crippen LogP contribution in [0.2, 0.25) is 5.02 Å². The van der Waals surface area contributed by atoms with Crippen molar-refractivity contribution >= 4 is 29.0 Å². The third-order valence-electron chi connectivity index (χ3n) is 4.33. The van der Waals surface area contributed by atoms with Crippen LogP contribution in [0.25, 0.3) is 0 Å². The molecule has 2 aromatic rings. The molecule has 1 atom stereocenters. The van der Waals surface area contributed by atoms with Gasteiger partial charge in [0.15, 0.2) is 11.4 Å². The largest absolute Gasteiger partial charge is 0.494 e. The molecule has 0 saturated heterocycles. The molecular formula is C19H18ClNO4. The van der Waals surface area contributed by atoms with Crippen molar-refractivity contribution in [1.29, 1.82) is 0 Å². The van der Waals surface area contributed by atoms with Crippen molar-refractivity contribution in [3.63, 3.8) is 0 Å². The molecule has 1 amide bonds. The van der Waals surface area contributed by atoms with E-state index in [4.69, 9.17) is 16.3 Å². The minimum absolute atomic E-state index is 0.333. The number of ether oxygens (including phenoxy) is 1. The van der Waals surface area contributed by atoms with Gasteiger partial charge in [0.25, 0.3) is 5.91 Å². The zero-order chi connectivity index (χ0) is 18.2. The van der Waals surface area contributed by atoms with Crippen LogP contribution in [0.3, 0.4) is 0 Å². The van der Waals surface area contributed by atoms with Gasteiger partial charge < -0.3 is 14.7 Å². The van der Waals surface area contributed by atoms with Crippen molar-refractivity contribution in [2.75, 3.05) is 18.6 Å². The van der Waals surface area contributed by atoms with E-state index in [0.717, 1.165) is 0 Å². The molecule has 0 fully saturated rings. The Kier molecular flexibility index (Phi) is 4.54. The molecule has 130 valence electrons. The maximum Gasteiger partial charge on any atom is 0.263 e. The average Bonchev–Trinajstić information content (AvgIpc) is 2.77. The number of carbonyl (C=O) groups is 2. The lowest BCUT2D eigenvalue weighted by atomic mass is 9.88. The molecule has 6 heteroatoms. The Labute approximate surface area is 150 Å². The highest BCUT2D eigenvalue weighted by Crippen LogP contribution is 2.43. The van der Waals surface area contributed by atoms with Crippen molar-refractivity contribution in [3.8, 4) is 5.75 Å². The lowest BCUT2D eigenvalue weighted by molar-refractivity contribution is -0.135. The number of carbonyl (C=O) groups excluding carboxylic acids is 2. The first-order valence-electron chi connectivity index (χ1n) is 7.93. The van der Waals surface area contributed by atoms with Crippen LogP contribution in [0.1, 0.15) is 29.3 Å². The van der Waals surface area contributed by atoms with Crippen LogP contribution in [0.5, 0.6) is 5.75 Å². The molecule has 0 saturated carbocycles. The molecule has 3 rings (SSSR count). The van der Waals surface area contributed by atoms with E-state index in [-0.39, 0.29) is 12.2 Å². The molecule has 1 heterocycles. The Morgan fingerprint density at radius 3 is 2.56 bits per heavy atom. The highest BCUT2D eigenvalue weighted by Gasteiger charge is 2.49. The molecule has 5 nitrogen and oxygen atoms in total. The topological polar surface area (TPSA) is 66.8 Å². The second kappa shape index (κ2) is 6.50. The Bertz CT molecular complexity index is 834. The normalized spacial score (nSPS) is 19.0. The van der Waals surface area contributed by atoms with Crippen molar-refractivity contribution in [2.24, 2.45) is 0 Å². The summed E-state index contributed by atoms with van der Waals surface area (Å²) in [6, 6.07) is 11.5. The highest BCUT2D eigenvalue weighted by molar-refractivity contribution is 6.31. The molecule has 0 unspecified atom stereocenters. The van der Waals surface area contributed by atoms with E-state index in [2.05, 4.69) is 0 Å². The van der Waals surface area contributed by atoms with Crippen molar-refractivity contribution < 1.29 is 19.4 Å². The number of hydrogen-bond acceptors (Lipinski definition) is 4. The van der Waals surface area contributed by atoms with E-state index in [9.17, 15) is 14.7 Å². The smallest absolute Gasteiger partial charge is 0.263 e. The molecule has 2 aromatic carbocycles. The summed E-state index contributed by atoms with van der Waals surface area (Å²) in [6.45, 7) is 2.41. The van der Waals surface area contributed by atoms with Gasteiger partial charge in [0.1, 0.15) is 5.75 Å². The number of amides is 1. The second-order valence-corrected chi connectivity index (χ2v) is 6.38. The van der Waals surface area contributed by atoms with Gasteiger partial charge in [-0.2, -0.15) is 0 Å². The summed E-state index contributed by atoms with van der Waals surface area (Å²) in [5, 5.41) is 11.4. The third kappa shape index (κ3) is 3.01. The van der Waals surface area contributed by atoms with Gasteiger partial charge in [-0.3, -0.25) is 9.59 Å². The van der Waals surface area contributed by atoms with Crippen LogP contribution in [0, 0.1) is 0 Å². The first-order chi connectivity index (χ1) is 11.9. The third-order valence-corrected chi connectivity index (χ3v) is 4.56. The van der Waals surface area contributed by atoms with Gasteiger partial charge in [0.05, 0.1) is 18.7 Å². The fraction of sp³-hybridized carbons (Fsp3) is 0.263. The number of hydrogen-bond donors (Lipinski definition) is 1. The van der Waals surface area contributed by atoms with Crippen LogP contribution in [-0.2, 0) is 10.4 Å². The van der Waals surface area contributed by atoms with Crippen LogP contribution in [-0.4, -0.2) is 30.5 Å². The van der Waals surface area contributed by atoms with E-state index in [1.165, 1.54) is 11.0 Å². The summed E-state index contributed by atoms with van der Waals surface area (Å²) in [5.41, 5.74) is -0.601. The fourth-order valence-corrected chi connectivity index (χ4v) is 3.22. The average molecular weight is 360 g/mol. The summed E-state index contributed by atoms with van der Waals surface area (Å²) in [5.74, 6) is -0.212. The summed E-state index contributed by atoms with van der Waals surface area (Å²) >= 11 is 6.01. The first-order valence-corrected chi connectivity index (χ1v) is 8.31. The van der Waals surface area contributed by atoms with Gasteiger partial charge in [-0.1, -0.05) is 11.6 Å². The molecule has 1 N–H and O–H groups in total. The fourth-order valence-electron chi connectivity index (χ4n) is 3.04.